The number of ketones is 1. The summed E-state index contributed by atoms with van der Waals surface area (Å²) in [7, 11) is 0. The van der Waals surface area contributed by atoms with Crippen LogP contribution in [0.2, 0.25) is 0 Å². The second-order valence-corrected chi connectivity index (χ2v) is 5.53. The van der Waals surface area contributed by atoms with E-state index in [1.54, 1.807) is 24.4 Å². The SMILES string of the molecule is Nc1ccc(-c2ccc3c(c2)O/C(=C/c2ccccc2)C3=O)cn1. The molecule has 0 fully saturated rings. The molecule has 3 aromatic rings. The Morgan fingerprint density at radius 2 is 1.75 bits per heavy atom. The maximum absolute atomic E-state index is 12.5. The van der Waals surface area contributed by atoms with Crippen LogP contribution in [0.15, 0.2) is 72.6 Å². The number of nitrogens with zero attached hydrogens (tertiary/aromatic N) is 1. The summed E-state index contributed by atoms with van der Waals surface area (Å²) in [6.45, 7) is 0. The van der Waals surface area contributed by atoms with Gasteiger partial charge in [0.15, 0.2) is 5.76 Å². The number of fused-ring (bicyclic) bond motifs is 1. The van der Waals surface area contributed by atoms with E-state index in [1.165, 1.54) is 0 Å². The summed E-state index contributed by atoms with van der Waals surface area (Å²) < 4.78 is 5.78. The van der Waals surface area contributed by atoms with E-state index in [1.807, 2.05) is 48.5 Å². The van der Waals surface area contributed by atoms with Crippen LogP contribution in [-0.2, 0) is 0 Å². The molecule has 1 aliphatic heterocycles. The van der Waals surface area contributed by atoms with Gasteiger partial charge in [-0.05, 0) is 41.5 Å². The lowest BCUT2D eigenvalue weighted by Gasteiger charge is -2.04. The van der Waals surface area contributed by atoms with Crippen LogP contribution in [0, 0.1) is 0 Å². The Labute approximate surface area is 139 Å². The molecule has 0 radical (unpaired) electrons. The van der Waals surface area contributed by atoms with Gasteiger partial charge in [-0.1, -0.05) is 36.4 Å². The highest BCUT2D eigenvalue weighted by atomic mass is 16.5. The van der Waals surface area contributed by atoms with E-state index in [0.717, 1.165) is 16.7 Å². The fraction of sp³-hybridized carbons (Fsp3) is 0. The smallest absolute Gasteiger partial charge is 0.231 e. The maximum atomic E-state index is 12.5. The lowest BCUT2D eigenvalue weighted by Crippen LogP contribution is -1.97. The summed E-state index contributed by atoms with van der Waals surface area (Å²) in [5, 5.41) is 0. The second-order valence-electron chi connectivity index (χ2n) is 5.53. The summed E-state index contributed by atoms with van der Waals surface area (Å²) >= 11 is 0. The van der Waals surface area contributed by atoms with Gasteiger partial charge in [0, 0.05) is 11.8 Å². The Balaban J connectivity index is 1.69. The zero-order valence-electron chi connectivity index (χ0n) is 12.8. The Hall–Kier alpha value is -3.40. The van der Waals surface area contributed by atoms with Crippen molar-refractivity contribution >= 4 is 17.7 Å². The Morgan fingerprint density at radius 1 is 0.958 bits per heavy atom. The molecule has 0 amide bonds. The number of nitrogen functional groups attached to an aromatic ring is 1. The van der Waals surface area contributed by atoms with Crippen LogP contribution < -0.4 is 10.5 Å². The first kappa shape index (κ1) is 14.2. The lowest BCUT2D eigenvalue weighted by atomic mass is 10.0. The summed E-state index contributed by atoms with van der Waals surface area (Å²) in [4.78, 5) is 16.6. The van der Waals surface area contributed by atoms with Gasteiger partial charge >= 0.3 is 0 Å². The standard InChI is InChI=1S/C20H14N2O2/c21-19-9-7-15(12-22-19)14-6-8-16-17(11-14)24-18(20(16)23)10-13-4-2-1-3-5-13/h1-12H,(H2,21,22)/b18-10+. The molecule has 0 bridgehead atoms. The number of hydrogen-bond acceptors (Lipinski definition) is 4. The summed E-state index contributed by atoms with van der Waals surface area (Å²) in [6, 6.07) is 18.8. The van der Waals surface area contributed by atoms with Gasteiger partial charge < -0.3 is 10.5 Å². The number of rotatable bonds is 2. The largest absolute Gasteiger partial charge is 0.452 e. The number of pyridine rings is 1. The van der Waals surface area contributed by atoms with Crippen molar-refractivity contribution in [3.63, 3.8) is 0 Å². The number of ether oxygens (including phenoxy) is 1. The predicted octanol–water partition coefficient (Wildman–Crippen LogP) is 3.95. The van der Waals surface area contributed by atoms with E-state index in [4.69, 9.17) is 10.5 Å². The molecule has 2 N–H and O–H groups in total. The topological polar surface area (TPSA) is 65.2 Å². The van der Waals surface area contributed by atoms with Crippen molar-refractivity contribution in [3.05, 3.63) is 83.7 Å². The monoisotopic (exact) mass is 314 g/mol. The lowest BCUT2D eigenvalue weighted by molar-refractivity contribution is 0.101. The summed E-state index contributed by atoms with van der Waals surface area (Å²) in [5.74, 6) is 1.27. The molecule has 4 nitrogen and oxygen atoms in total. The minimum atomic E-state index is -0.101. The normalized spacial score (nSPS) is 14.5. The first-order valence-corrected chi connectivity index (χ1v) is 7.56. The van der Waals surface area contributed by atoms with E-state index in [-0.39, 0.29) is 5.78 Å². The first-order valence-electron chi connectivity index (χ1n) is 7.56. The third-order valence-corrected chi connectivity index (χ3v) is 3.89. The number of allylic oxidation sites excluding steroid dienone is 1. The average molecular weight is 314 g/mol. The molecule has 0 saturated carbocycles. The number of nitrogens with two attached hydrogens (primary N) is 1. The highest BCUT2D eigenvalue weighted by Crippen LogP contribution is 2.35. The van der Waals surface area contributed by atoms with Crippen molar-refractivity contribution in [1.82, 2.24) is 4.98 Å². The van der Waals surface area contributed by atoms with Gasteiger partial charge in [0.2, 0.25) is 5.78 Å². The third kappa shape index (κ3) is 2.54. The van der Waals surface area contributed by atoms with E-state index in [0.29, 0.717) is 22.9 Å². The van der Waals surface area contributed by atoms with Gasteiger partial charge in [-0.15, -0.1) is 0 Å². The van der Waals surface area contributed by atoms with Crippen LogP contribution >= 0.6 is 0 Å². The molecule has 0 atom stereocenters. The van der Waals surface area contributed by atoms with Crippen molar-refractivity contribution in [2.45, 2.75) is 0 Å². The maximum Gasteiger partial charge on any atom is 0.231 e. The highest BCUT2D eigenvalue weighted by molar-refractivity contribution is 6.14. The van der Waals surface area contributed by atoms with Crippen molar-refractivity contribution < 1.29 is 9.53 Å². The minimum Gasteiger partial charge on any atom is -0.452 e. The number of Topliss-reactive ketones (excluding diaryl/α,β-unsaturated/α-hetero) is 1. The fourth-order valence-corrected chi connectivity index (χ4v) is 2.64. The zero-order chi connectivity index (χ0) is 16.5. The molecule has 2 heterocycles. The molecular formula is C20H14N2O2. The van der Waals surface area contributed by atoms with Gasteiger partial charge in [0.05, 0.1) is 5.56 Å². The van der Waals surface area contributed by atoms with Gasteiger partial charge in [-0.3, -0.25) is 4.79 Å². The van der Waals surface area contributed by atoms with Crippen molar-refractivity contribution in [2.75, 3.05) is 5.73 Å². The van der Waals surface area contributed by atoms with Gasteiger partial charge in [-0.25, -0.2) is 4.98 Å². The third-order valence-electron chi connectivity index (χ3n) is 3.89. The molecule has 0 saturated heterocycles. The van der Waals surface area contributed by atoms with Crippen LogP contribution in [0.5, 0.6) is 5.75 Å². The quantitative estimate of drug-likeness (QED) is 0.727. The van der Waals surface area contributed by atoms with Crippen LogP contribution in [0.1, 0.15) is 15.9 Å². The second kappa shape index (κ2) is 5.66. The number of anilines is 1. The molecule has 24 heavy (non-hydrogen) atoms. The van der Waals surface area contributed by atoms with Gasteiger partial charge in [0.1, 0.15) is 11.6 Å². The summed E-state index contributed by atoms with van der Waals surface area (Å²) in [5.41, 5.74) is 8.96. The average Bonchev–Trinajstić information content (AvgIpc) is 2.92. The fourth-order valence-electron chi connectivity index (χ4n) is 2.64. The molecule has 116 valence electrons. The number of carbonyl (C=O) groups excluding carboxylic acids is 1. The number of aromatic nitrogens is 1. The predicted molar refractivity (Wildman–Crippen MR) is 93.5 cm³/mol. The van der Waals surface area contributed by atoms with Crippen LogP contribution in [-0.4, -0.2) is 10.8 Å². The van der Waals surface area contributed by atoms with Crippen molar-refractivity contribution in [3.8, 4) is 16.9 Å². The molecule has 0 spiro atoms. The zero-order valence-corrected chi connectivity index (χ0v) is 12.8. The van der Waals surface area contributed by atoms with E-state index in [2.05, 4.69) is 4.98 Å². The van der Waals surface area contributed by atoms with E-state index < -0.39 is 0 Å². The first-order chi connectivity index (χ1) is 11.7. The molecule has 4 heteroatoms. The van der Waals surface area contributed by atoms with Crippen LogP contribution in [0.25, 0.3) is 17.2 Å². The van der Waals surface area contributed by atoms with Crippen molar-refractivity contribution in [2.24, 2.45) is 0 Å². The molecule has 2 aromatic carbocycles. The molecule has 0 unspecified atom stereocenters. The van der Waals surface area contributed by atoms with E-state index in [9.17, 15) is 4.79 Å². The molecular weight excluding hydrogens is 300 g/mol. The number of carbonyl (C=O) groups is 1. The number of benzene rings is 2. The van der Waals surface area contributed by atoms with Crippen LogP contribution in [0.3, 0.4) is 0 Å². The minimum absolute atomic E-state index is 0.101. The summed E-state index contributed by atoms with van der Waals surface area (Å²) in [6.07, 6.45) is 3.46. The van der Waals surface area contributed by atoms with Gasteiger partial charge in [-0.2, -0.15) is 0 Å². The molecule has 4 rings (SSSR count). The van der Waals surface area contributed by atoms with Crippen molar-refractivity contribution in [1.29, 1.82) is 0 Å². The van der Waals surface area contributed by atoms with Gasteiger partial charge in [0.25, 0.3) is 0 Å². The highest BCUT2D eigenvalue weighted by Gasteiger charge is 2.27. The molecule has 1 aromatic heterocycles. The number of hydrogen-bond donors (Lipinski definition) is 1. The Kier molecular flexibility index (Phi) is 3.35. The van der Waals surface area contributed by atoms with E-state index >= 15 is 0 Å². The molecule has 1 aliphatic rings. The Morgan fingerprint density at radius 3 is 2.50 bits per heavy atom. The van der Waals surface area contributed by atoms with Crippen LogP contribution in [0.4, 0.5) is 5.82 Å². The molecule has 0 aliphatic carbocycles. The Bertz CT molecular complexity index is 945.